The molecule has 3 rings (SSSR count). The van der Waals surface area contributed by atoms with E-state index in [-0.39, 0.29) is 5.91 Å². The van der Waals surface area contributed by atoms with Crippen LogP contribution in [0.3, 0.4) is 0 Å². The van der Waals surface area contributed by atoms with Gasteiger partial charge in [0.2, 0.25) is 0 Å². The molecule has 3 heterocycles. The average Bonchev–Trinajstić information content (AvgIpc) is 2.86. The predicted molar refractivity (Wildman–Crippen MR) is 89.8 cm³/mol. The molecule has 0 N–H and O–H groups in total. The van der Waals surface area contributed by atoms with Crippen molar-refractivity contribution in [2.45, 2.75) is 13.8 Å². The Bertz CT molecular complexity index is 811. The fraction of sp³-hybridized carbons (Fsp3) is 0.412. The van der Waals surface area contributed by atoms with Gasteiger partial charge < -0.3 is 9.80 Å². The SMILES string of the molecule is Cc1nn(C)c(C)c1C(=O)N1CCN(c2cc(C#N)ccn2)CC1. The highest BCUT2D eigenvalue weighted by atomic mass is 16.2. The van der Waals surface area contributed by atoms with Gasteiger partial charge in [-0.15, -0.1) is 0 Å². The highest BCUT2D eigenvalue weighted by molar-refractivity contribution is 5.96. The van der Waals surface area contributed by atoms with Crippen molar-refractivity contribution < 1.29 is 4.79 Å². The lowest BCUT2D eigenvalue weighted by atomic mass is 10.1. The van der Waals surface area contributed by atoms with Crippen molar-refractivity contribution in [3.8, 4) is 6.07 Å². The standard InChI is InChI=1S/C17H20N6O/c1-12-16(13(2)21(3)20-12)17(24)23-8-6-22(7-9-23)15-10-14(11-18)4-5-19-15/h4-5,10H,6-9H2,1-3H3. The summed E-state index contributed by atoms with van der Waals surface area (Å²) < 4.78 is 1.75. The quantitative estimate of drug-likeness (QED) is 0.831. The van der Waals surface area contributed by atoms with Crippen molar-refractivity contribution in [2.24, 2.45) is 7.05 Å². The smallest absolute Gasteiger partial charge is 0.257 e. The molecule has 1 amide bonds. The van der Waals surface area contributed by atoms with Crippen molar-refractivity contribution in [1.29, 1.82) is 5.26 Å². The molecule has 0 radical (unpaired) electrons. The molecule has 0 bridgehead atoms. The zero-order chi connectivity index (χ0) is 17.3. The molecule has 24 heavy (non-hydrogen) atoms. The molecule has 7 heteroatoms. The molecule has 0 saturated carbocycles. The Kier molecular flexibility index (Phi) is 4.21. The largest absolute Gasteiger partial charge is 0.353 e. The van der Waals surface area contributed by atoms with E-state index in [0.717, 1.165) is 17.2 Å². The van der Waals surface area contributed by atoms with Crippen LogP contribution < -0.4 is 4.90 Å². The third-order valence-corrected chi connectivity index (χ3v) is 4.49. The summed E-state index contributed by atoms with van der Waals surface area (Å²) in [6.45, 7) is 6.45. The second kappa shape index (κ2) is 6.32. The molecule has 0 atom stereocenters. The Hall–Kier alpha value is -2.88. The topological polar surface area (TPSA) is 78.0 Å². The molecule has 0 unspecified atom stereocenters. The van der Waals surface area contributed by atoms with Gasteiger partial charge in [-0.05, 0) is 26.0 Å². The lowest BCUT2D eigenvalue weighted by molar-refractivity contribution is 0.0745. The van der Waals surface area contributed by atoms with Crippen molar-refractivity contribution in [2.75, 3.05) is 31.1 Å². The van der Waals surface area contributed by atoms with Gasteiger partial charge in [0.1, 0.15) is 5.82 Å². The van der Waals surface area contributed by atoms with E-state index >= 15 is 0 Å². The van der Waals surface area contributed by atoms with Crippen LogP contribution in [0.15, 0.2) is 18.3 Å². The van der Waals surface area contributed by atoms with Crippen molar-refractivity contribution in [3.05, 3.63) is 40.8 Å². The van der Waals surface area contributed by atoms with E-state index in [9.17, 15) is 4.79 Å². The molecule has 2 aromatic rings. The monoisotopic (exact) mass is 324 g/mol. The van der Waals surface area contributed by atoms with Gasteiger partial charge in [-0.2, -0.15) is 10.4 Å². The van der Waals surface area contributed by atoms with E-state index in [1.54, 1.807) is 23.0 Å². The minimum Gasteiger partial charge on any atom is -0.353 e. The number of amides is 1. The molecule has 0 spiro atoms. The maximum atomic E-state index is 12.8. The Balaban J connectivity index is 1.71. The van der Waals surface area contributed by atoms with E-state index in [0.29, 0.717) is 37.3 Å². The van der Waals surface area contributed by atoms with Crippen LogP contribution in [0.4, 0.5) is 5.82 Å². The van der Waals surface area contributed by atoms with Gasteiger partial charge in [-0.25, -0.2) is 4.98 Å². The van der Waals surface area contributed by atoms with Gasteiger partial charge in [0, 0.05) is 45.1 Å². The second-order valence-corrected chi connectivity index (χ2v) is 5.96. The Morgan fingerprint density at radius 2 is 1.96 bits per heavy atom. The van der Waals surface area contributed by atoms with Crippen molar-refractivity contribution >= 4 is 11.7 Å². The van der Waals surface area contributed by atoms with Gasteiger partial charge >= 0.3 is 0 Å². The molecule has 0 aliphatic carbocycles. The first kappa shape index (κ1) is 16.0. The molecule has 124 valence electrons. The molecule has 7 nitrogen and oxygen atoms in total. The first-order valence-electron chi connectivity index (χ1n) is 7.92. The number of aromatic nitrogens is 3. The van der Waals surface area contributed by atoms with Gasteiger partial charge in [0.25, 0.3) is 5.91 Å². The number of nitriles is 1. The molecule has 0 aromatic carbocycles. The van der Waals surface area contributed by atoms with Crippen LogP contribution in [-0.4, -0.2) is 51.8 Å². The number of rotatable bonds is 2. The number of carbonyl (C=O) groups is 1. The fourth-order valence-electron chi connectivity index (χ4n) is 3.04. The summed E-state index contributed by atoms with van der Waals surface area (Å²) in [5.41, 5.74) is 2.96. The van der Waals surface area contributed by atoms with Gasteiger partial charge in [0.15, 0.2) is 0 Å². The van der Waals surface area contributed by atoms with Crippen LogP contribution in [0, 0.1) is 25.2 Å². The molecular weight excluding hydrogens is 304 g/mol. The summed E-state index contributed by atoms with van der Waals surface area (Å²) in [4.78, 5) is 21.1. The first-order valence-corrected chi connectivity index (χ1v) is 7.92. The maximum absolute atomic E-state index is 12.8. The van der Waals surface area contributed by atoms with E-state index < -0.39 is 0 Å². The highest BCUT2D eigenvalue weighted by Gasteiger charge is 2.26. The van der Waals surface area contributed by atoms with Crippen LogP contribution in [0.5, 0.6) is 0 Å². The number of carbonyl (C=O) groups excluding carboxylic acids is 1. The summed E-state index contributed by atoms with van der Waals surface area (Å²) in [6, 6.07) is 5.61. The molecule has 1 saturated heterocycles. The normalized spacial score (nSPS) is 14.6. The number of piperazine rings is 1. The second-order valence-electron chi connectivity index (χ2n) is 5.96. The minimum atomic E-state index is 0.0384. The zero-order valence-electron chi connectivity index (χ0n) is 14.2. The molecule has 1 fully saturated rings. The number of hydrogen-bond acceptors (Lipinski definition) is 5. The molecular formula is C17H20N6O. The summed E-state index contributed by atoms with van der Waals surface area (Å²) in [6.07, 6.45) is 1.65. The number of pyridine rings is 1. The Morgan fingerprint density at radius 1 is 1.25 bits per heavy atom. The number of anilines is 1. The summed E-state index contributed by atoms with van der Waals surface area (Å²) in [5.74, 6) is 0.825. The summed E-state index contributed by atoms with van der Waals surface area (Å²) >= 11 is 0. The minimum absolute atomic E-state index is 0.0384. The Labute approximate surface area is 141 Å². The third-order valence-electron chi connectivity index (χ3n) is 4.49. The van der Waals surface area contributed by atoms with Crippen LogP contribution in [-0.2, 0) is 7.05 Å². The van der Waals surface area contributed by atoms with Crippen LogP contribution in [0.25, 0.3) is 0 Å². The third kappa shape index (κ3) is 2.83. The fourth-order valence-corrected chi connectivity index (χ4v) is 3.04. The van der Waals surface area contributed by atoms with Crippen molar-refractivity contribution in [3.63, 3.8) is 0 Å². The molecule has 1 aliphatic heterocycles. The summed E-state index contributed by atoms with van der Waals surface area (Å²) in [7, 11) is 1.85. The summed E-state index contributed by atoms with van der Waals surface area (Å²) in [5, 5.41) is 13.3. The Morgan fingerprint density at radius 3 is 2.54 bits per heavy atom. The lowest BCUT2D eigenvalue weighted by Crippen LogP contribution is -2.49. The van der Waals surface area contributed by atoms with E-state index in [1.165, 1.54) is 0 Å². The van der Waals surface area contributed by atoms with Crippen LogP contribution in [0.1, 0.15) is 27.3 Å². The van der Waals surface area contributed by atoms with Crippen molar-refractivity contribution in [1.82, 2.24) is 19.7 Å². The first-order chi connectivity index (χ1) is 11.5. The number of nitrogens with zero attached hydrogens (tertiary/aromatic N) is 6. The van der Waals surface area contributed by atoms with E-state index in [1.807, 2.05) is 25.8 Å². The average molecular weight is 324 g/mol. The predicted octanol–water partition coefficient (Wildman–Crippen LogP) is 1.27. The molecule has 1 aliphatic rings. The van der Waals surface area contributed by atoms with E-state index in [4.69, 9.17) is 5.26 Å². The van der Waals surface area contributed by atoms with Gasteiger partial charge in [-0.3, -0.25) is 9.48 Å². The highest BCUT2D eigenvalue weighted by Crippen LogP contribution is 2.19. The van der Waals surface area contributed by atoms with Crippen LogP contribution >= 0.6 is 0 Å². The zero-order valence-corrected chi connectivity index (χ0v) is 14.2. The van der Waals surface area contributed by atoms with Gasteiger partial charge in [-0.1, -0.05) is 0 Å². The van der Waals surface area contributed by atoms with E-state index in [2.05, 4.69) is 21.1 Å². The number of aryl methyl sites for hydroxylation is 2. The number of hydrogen-bond donors (Lipinski definition) is 0. The maximum Gasteiger partial charge on any atom is 0.257 e. The van der Waals surface area contributed by atoms with Gasteiger partial charge in [0.05, 0.1) is 22.9 Å². The molecule has 2 aromatic heterocycles. The lowest BCUT2D eigenvalue weighted by Gasteiger charge is -2.35. The van der Waals surface area contributed by atoms with Crippen LogP contribution in [0.2, 0.25) is 0 Å².